The maximum Gasteiger partial charge on any atom is 0.105 e. The van der Waals surface area contributed by atoms with Gasteiger partial charge in [0, 0.05) is 17.3 Å². The largest absolute Gasteiger partial charge is 0.469 e. The Labute approximate surface area is 100 Å². The maximum absolute atomic E-state index is 6.05. The highest BCUT2D eigenvalue weighted by molar-refractivity contribution is 7.09. The van der Waals surface area contributed by atoms with Gasteiger partial charge in [-0.25, -0.2) is 0 Å². The molecule has 0 saturated heterocycles. The molecule has 0 aliphatic heterocycles. The second kappa shape index (κ2) is 5.87. The lowest BCUT2D eigenvalue weighted by Crippen LogP contribution is -2.22. The third kappa shape index (κ3) is 3.51. The smallest absolute Gasteiger partial charge is 0.105 e. The van der Waals surface area contributed by atoms with Crippen molar-refractivity contribution < 1.29 is 4.42 Å². The van der Waals surface area contributed by atoms with Crippen LogP contribution in [0.1, 0.15) is 23.5 Å². The van der Waals surface area contributed by atoms with Gasteiger partial charge in [0.1, 0.15) is 5.76 Å². The molecule has 86 valence electrons. The number of nitrogens with two attached hydrogens (primary N) is 1. The molecule has 0 aromatic carbocycles. The summed E-state index contributed by atoms with van der Waals surface area (Å²) in [6.45, 7) is 0. The van der Waals surface area contributed by atoms with Crippen LogP contribution in [0.3, 0.4) is 0 Å². The van der Waals surface area contributed by atoms with Crippen LogP contribution in [0.5, 0.6) is 0 Å². The first-order chi connectivity index (χ1) is 7.84. The highest BCUT2D eigenvalue weighted by Crippen LogP contribution is 2.13. The van der Waals surface area contributed by atoms with Gasteiger partial charge in [0.05, 0.1) is 6.26 Å². The molecule has 0 saturated carbocycles. The van der Waals surface area contributed by atoms with Crippen LogP contribution in [0, 0.1) is 0 Å². The van der Waals surface area contributed by atoms with Crippen molar-refractivity contribution in [3.63, 3.8) is 0 Å². The molecule has 2 nitrogen and oxygen atoms in total. The maximum atomic E-state index is 6.05. The van der Waals surface area contributed by atoms with E-state index in [1.807, 2.05) is 23.5 Å². The summed E-state index contributed by atoms with van der Waals surface area (Å²) in [6.07, 6.45) is 5.90. The van der Waals surface area contributed by atoms with Crippen molar-refractivity contribution in [2.75, 3.05) is 0 Å². The van der Waals surface area contributed by atoms with Crippen LogP contribution in [0.4, 0.5) is 0 Å². The lowest BCUT2D eigenvalue weighted by molar-refractivity contribution is 0.469. The van der Waals surface area contributed by atoms with Crippen LogP contribution in [-0.2, 0) is 12.8 Å². The second-order valence-electron chi connectivity index (χ2n) is 4.02. The average molecular weight is 235 g/mol. The van der Waals surface area contributed by atoms with Gasteiger partial charge in [-0.15, -0.1) is 11.3 Å². The van der Waals surface area contributed by atoms with Crippen molar-refractivity contribution in [3.8, 4) is 0 Å². The summed E-state index contributed by atoms with van der Waals surface area (Å²) in [5.74, 6) is 0.989. The molecule has 2 heterocycles. The SMILES string of the molecule is NC(CCCc1cccs1)Cc1ccco1. The van der Waals surface area contributed by atoms with Crippen LogP contribution in [0.15, 0.2) is 40.3 Å². The Hall–Kier alpha value is -1.06. The number of rotatable bonds is 6. The zero-order chi connectivity index (χ0) is 11.2. The van der Waals surface area contributed by atoms with Crippen molar-refractivity contribution in [1.82, 2.24) is 0 Å². The fraction of sp³-hybridized carbons (Fsp3) is 0.385. The van der Waals surface area contributed by atoms with Gasteiger partial charge in [0.25, 0.3) is 0 Å². The van der Waals surface area contributed by atoms with E-state index in [2.05, 4.69) is 17.5 Å². The highest BCUT2D eigenvalue weighted by Gasteiger charge is 2.06. The molecule has 2 rings (SSSR count). The summed E-state index contributed by atoms with van der Waals surface area (Å²) in [4.78, 5) is 1.45. The van der Waals surface area contributed by atoms with Gasteiger partial charge >= 0.3 is 0 Å². The molecule has 3 heteroatoms. The average Bonchev–Trinajstić information content (AvgIpc) is 2.90. The third-order valence-electron chi connectivity index (χ3n) is 2.62. The Morgan fingerprint density at radius 1 is 1.31 bits per heavy atom. The van der Waals surface area contributed by atoms with E-state index in [1.165, 1.54) is 4.88 Å². The van der Waals surface area contributed by atoms with Gasteiger partial charge in [-0.1, -0.05) is 6.07 Å². The van der Waals surface area contributed by atoms with Crippen molar-refractivity contribution in [3.05, 3.63) is 46.5 Å². The standard InChI is InChI=1S/C13H17NOS/c14-11(10-12-5-2-8-15-12)4-1-6-13-7-3-9-16-13/h2-3,5,7-9,11H,1,4,6,10,14H2. The molecule has 0 radical (unpaired) electrons. The Kier molecular flexibility index (Phi) is 4.19. The lowest BCUT2D eigenvalue weighted by Gasteiger charge is -2.08. The summed E-state index contributed by atoms with van der Waals surface area (Å²) < 4.78 is 5.28. The van der Waals surface area contributed by atoms with Gasteiger partial charge in [0.15, 0.2) is 0 Å². The van der Waals surface area contributed by atoms with Crippen LogP contribution >= 0.6 is 11.3 Å². The number of hydrogen-bond donors (Lipinski definition) is 1. The van der Waals surface area contributed by atoms with Crippen molar-refractivity contribution >= 4 is 11.3 Å². The van der Waals surface area contributed by atoms with Crippen molar-refractivity contribution in [2.45, 2.75) is 31.7 Å². The molecule has 2 aromatic rings. The lowest BCUT2D eigenvalue weighted by atomic mass is 10.1. The Morgan fingerprint density at radius 3 is 2.94 bits per heavy atom. The quantitative estimate of drug-likeness (QED) is 0.835. The van der Waals surface area contributed by atoms with Gasteiger partial charge in [-0.3, -0.25) is 0 Å². The van der Waals surface area contributed by atoms with E-state index in [0.717, 1.165) is 31.4 Å². The summed E-state index contributed by atoms with van der Waals surface area (Å²) in [5.41, 5.74) is 6.05. The zero-order valence-corrected chi connectivity index (χ0v) is 10.1. The Bertz CT molecular complexity index is 380. The molecule has 0 amide bonds. The van der Waals surface area contributed by atoms with E-state index in [4.69, 9.17) is 10.2 Å². The minimum absolute atomic E-state index is 0.214. The molecular formula is C13H17NOS. The molecule has 1 unspecified atom stereocenters. The predicted molar refractivity (Wildman–Crippen MR) is 67.6 cm³/mol. The van der Waals surface area contributed by atoms with Crippen molar-refractivity contribution in [2.24, 2.45) is 5.73 Å². The summed E-state index contributed by atoms with van der Waals surface area (Å²) in [5, 5.41) is 2.12. The minimum atomic E-state index is 0.214. The molecule has 0 bridgehead atoms. The van der Waals surface area contributed by atoms with Crippen molar-refractivity contribution in [1.29, 1.82) is 0 Å². The molecule has 0 aliphatic rings. The molecule has 0 aliphatic carbocycles. The first-order valence-electron chi connectivity index (χ1n) is 5.65. The van der Waals surface area contributed by atoms with Gasteiger partial charge < -0.3 is 10.2 Å². The topological polar surface area (TPSA) is 39.2 Å². The zero-order valence-electron chi connectivity index (χ0n) is 9.26. The first kappa shape index (κ1) is 11.4. The normalized spacial score (nSPS) is 12.8. The number of thiophene rings is 1. The fourth-order valence-corrected chi connectivity index (χ4v) is 2.53. The number of hydrogen-bond acceptors (Lipinski definition) is 3. The molecule has 0 fully saturated rings. The predicted octanol–water partition coefficient (Wildman–Crippen LogP) is 3.23. The highest BCUT2D eigenvalue weighted by atomic mass is 32.1. The van der Waals surface area contributed by atoms with E-state index in [0.29, 0.717) is 0 Å². The molecular weight excluding hydrogens is 218 g/mol. The Morgan fingerprint density at radius 2 is 2.25 bits per heavy atom. The number of furan rings is 1. The Balaban J connectivity index is 1.66. The summed E-state index contributed by atoms with van der Waals surface area (Å²) in [6, 6.07) is 8.39. The number of aryl methyl sites for hydroxylation is 1. The minimum Gasteiger partial charge on any atom is -0.469 e. The van der Waals surface area contributed by atoms with E-state index < -0.39 is 0 Å². The first-order valence-corrected chi connectivity index (χ1v) is 6.53. The van der Waals surface area contributed by atoms with Crippen LogP contribution < -0.4 is 5.73 Å². The molecule has 0 spiro atoms. The molecule has 16 heavy (non-hydrogen) atoms. The van der Waals surface area contributed by atoms with Gasteiger partial charge in [-0.05, 0) is 42.8 Å². The van der Waals surface area contributed by atoms with Gasteiger partial charge in [0.2, 0.25) is 0 Å². The van der Waals surface area contributed by atoms with Crippen LogP contribution in [-0.4, -0.2) is 6.04 Å². The van der Waals surface area contributed by atoms with E-state index in [-0.39, 0.29) is 6.04 Å². The molecule has 1 atom stereocenters. The summed E-state index contributed by atoms with van der Waals surface area (Å²) in [7, 11) is 0. The fourth-order valence-electron chi connectivity index (χ4n) is 1.78. The third-order valence-corrected chi connectivity index (χ3v) is 3.56. The second-order valence-corrected chi connectivity index (χ2v) is 5.05. The van der Waals surface area contributed by atoms with E-state index >= 15 is 0 Å². The molecule has 2 aromatic heterocycles. The van der Waals surface area contributed by atoms with Crippen LogP contribution in [0.2, 0.25) is 0 Å². The van der Waals surface area contributed by atoms with E-state index in [1.54, 1.807) is 6.26 Å². The monoisotopic (exact) mass is 235 g/mol. The molecule has 2 N–H and O–H groups in total. The van der Waals surface area contributed by atoms with Crippen LogP contribution in [0.25, 0.3) is 0 Å². The summed E-state index contributed by atoms with van der Waals surface area (Å²) >= 11 is 1.82. The van der Waals surface area contributed by atoms with E-state index in [9.17, 15) is 0 Å². The van der Waals surface area contributed by atoms with Gasteiger partial charge in [-0.2, -0.15) is 0 Å².